The number of carbonyl (C=O) groups is 1. The van der Waals surface area contributed by atoms with E-state index in [4.69, 9.17) is 4.74 Å². The predicted octanol–water partition coefficient (Wildman–Crippen LogP) is 2.14. The molecule has 4 heteroatoms. The summed E-state index contributed by atoms with van der Waals surface area (Å²) in [5.41, 5.74) is 2.38. The zero-order valence-electron chi connectivity index (χ0n) is 13.3. The summed E-state index contributed by atoms with van der Waals surface area (Å²) in [6, 6.07) is 6.22. The molecular weight excluding hydrogens is 264 g/mol. The Morgan fingerprint density at radius 2 is 1.90 bits per heavy atom. The third kappa shape index (κ3) is 4.21. The molecule has 0 bridgehead atoms. The minimum atomic E-state index is 0.182. The second-order valence-electron chi connectivity index (χ2n) is 5.80. The molecule has 1 aliphatic rings. The molecule has 4 nitrogen and oxygen atoms in total. The number of nitrogens with one attached hydrogen (secondary N) is 1. The van der Waals surface area contributed by atoms with Crippen LogP contribution in [0.2, 0.25) is 0 Å². The summed E-state index contributed by atoms with van der Waals surface area (Å²) in [6.45, 7) is 7.75. The van der Waals surface area contributed by atoms with Gasteiger partial charge in [0.25, 0.3) is 0 Å². The summed E-state index contributed by atoms with van der Waals surface area (Å²) >= 11 is 0. The van der Waals surface area contributed by atoms with Crippen LogP contribution in [0.15, 0.2) is 18.2 Å². The second-order valence-corrected chi connectivity index (χ2v) is 5.80. The smallest absolute Gasteiger partial charge is 0.222 e. The van der Waals surface area contributed by atoms with Gasteiger partial charge >= 0.3 is 0 Å². The first-order valence-corrected chi connectivity index (χ1v) is 7.74. The Balaban J connectivity index is 1.74. The molecule has 1 aliphatic heterocycles. The molecule has 0 spiro atoms. The topological polar surface area (TPSA) is 41.6 Å². The lowest BCUT2D eigenvalue weighted by Gasteiger charge is -2.31. The summed E-state index contributed by atoms with van der Waals surface area (Å²) in [4.78, 5) is 14.0. The number of hydrogen-bond donors (Lipinski definition) is 1. The Morgan fingerprint density at radius 1 is 1.29 bits per heavy atom. The van der Waals surface area contributed by atoms with Crippen molar-refractivity contribution >= 4 is 5.91 Å². The first-order valence-electron chi connectivity index (χ1n) is 7.74. The molecule has 1 saturated heterocycles. The molecule has 1 heterocycles. The molecule has 1 amide bonds. The standard InChI is InChI=1S/C17H26N2O2/c1-13-5-4-6-14(2)16(13)21-12-11-19-9-7-15(8-10-19)17(20)18-3/h4-6,15H,7-12H2,1-3H3,(H,18,20). The van der Waals surface area contributed by atoms with Gasteiger partial charge in [0.05, 0.1) is 0 Å². The lowest BCUT2D eigenvalue weighted by Crippen LogP contribution is -2.41. The lowest BCUT2D eigenvalue weighted by molar-refractivity contribution is -0.125. The van der Waals surface area contributed by atoms with Gasteiger partial charge in [0.2, 0.25) is 5.91 Å². The van der Waals surface area contributed by atoms with Crippen LogP contribution in [0.3, 0.4) is 0 Å². The third-order valence-corrected chi connectivity index (χ3v) is 4.27. The number of piperidine rings is 1. The van der Waals surface area contributed by atoms with Gasteiger partial charge in [-0.15, -0.1) is 0 Å². The molecule has 0 atom stereocenters. The average molecular weight is 290 g/mol. The van der Waals surface area contributed by atoms with Gasteiger partial charge in [0.15, 0.2) is 0 Å². The molecule has 1 aromatic carbocycles. The first-order chi connectivity index (χ1) is 10.1. The molecule has 2 rings (SSSR count). The molecule has 1 aromatic rings. The molecule has 21 heavy (non-hydrogen) atoms. The number of amides is 1. The number of aryl methyl sites for hydroxylation is 2. The van der Waals surface area contributed by atoms with Crippen molar-refractivity contribution in [1.82, 2.24) is 10.2 Å². The van der Waals surface area contributed by atoms with Crippen molar-refractivity contribution in [2.75, 3.05) is 33.3 Å². The maximum atomic E-state index is 11.6. The summed E-state index contributed by atoms with van der Waals surface area (Å²) < 4.78 is 5.94. The SMILES string of the molecule is CNC(=O)C1CCN(CCOc2c(C)cccc2C)CC1. The van der Waals surface area contributed by atoms with E-state index in [9.17, 15) is 4.79 Å². The van der Waals surface area contributed by atoms with Crippen molar-refractivity contribution in [3.05, 3.63) is 29.3 Å². The fourth-order valence-electron chi connectivity index (χ4n) is 2.93. The van der Waals surface area contributed by atoms with Crippen LogP contribution >= 0.6 is 0 Å². The van der Waals surface area contributed by atoms with Crippen molar-refractivity contribution in [3.8, 4) is 5.75 Å². The summed E-state index contributed by atoms with van der Waals surface area (Å²) in [5.74, 6) is 1.38. The van der Waals surface area contributed by atoms with Crippen molar-refractivity contribution in [2.24, 2.45) is 5.92 Å². The van der Waals surface area contributed by atoms with E-state index in [2.05, 4.69) is 42.3 Å². The number of carbonyl (C=O) groups excluding carboxylic acids is 1. The van der Waals surface area contributed by atoms with Gasteiger partial charge in [-0.1, -0.05) is 18.2 Å². The van der Waals surface area contributed by atoms with E-state index in [1.54, 1.807) is 7.05 Å². The van der Waals surface area contributed by atoms with Crippen molar-refractivity contribution in [3.63, 3.8) is 0 Å². The van der Waals surface area contributed by atoms with Gasteiger partial charge in [-0.25, -0.2) is 0 Å². The number of ether oxygens (including phenoxy) is 1. The molecule has 1 fully saturated rings. The minimum Gasteiger partial charge on any atom is -0.492 e. The summed E-state index contributed by atoms with van der Waals surface area (Å²) in [7, 11) is 1.72. The fourth-order valence-corrected chi connectivity index (χ4v) is 2.93. The zero-order valence-corrected chi connectivity index (χ0v) is 13.3. The Morgan fingerprint density at radius 3 is 2.48 bits per heavy atom. The fraction of sp³-hybridized carbons (Fsp3) is 0.588. The van der Waals surface area contributed by atoms with Crippen LogP contribution in [0.4, 0.5) is 0 Å². The molecule has 0 radical (unpaired) electrons. The highest BCUT2D eigenvalue weighted by atomic mass is 16.5. The minimum absolute atomic E-state index is 0.182. The normalized spacial score (nSPS) is 16.7. The molecular formula is C17H26N2O2. The number of para-hydroxylation sites is 1. The largest absolute Gasteiger partial charge is 0.492 e. The number of benzene rings is 1. The van der Waals surface area contributed by atoms with Crippen LogP contribution in [0.1, 0.15) is 24.0 Å². The summed E-state index contributed by atoms with van der Waals surface area (Å²) in [5, 5.41) is 2.74. The van der Waals surface area contributed by atoms with E-state index < -0.39 is 0 Å². The van der Waals surface area contributed by atoms with Crippen molar-refractivity contribution < 1.29 is 9.53 Å². The van der Waals surface area contributed by atoms with E-state index in [0.717, 1.165) is 38.2 Å². The molecule has 0 saturated carbocycles. The molecule has 0 aliphatic carbocycles. The molecule has 0 unspecified atom stereocenters. The Kier molecular flexibility index (Phi) is 5.62. The van der Waals surface area contributed by atoms with E-state index in [-0.39, 0.29) is 11.8 Å². The Hall–Kier alpha value is -1.55. The maximum absolute atomic E-state index is 11.6. The predicted molar refractivity (Wildman–Crippen MR) is 84.6 cm³/mol. The number of hydrogen-bond acceptors (Lipinski definition) is 3. The van der Waals surface area contributed by atoms with Gasteiger partial charge in [-0.3, -0.25) is 9.69 Å². The third-order valence-electron chi connectivity index (χ3n) is 4.27. The van der Waals surface area contributed by atoms with E-state index in [1.807, 2.05) is 0 Å². The van der Waals surface area contributed by atoms with Gasteiger partial charge in [0.1, 0.15) is 12.4 Å². The summed E-state index contributed by atoms with van der Waals surface area (Å²) in [6.07, 6.45) is 1.89. The maximum Gasteiger partial charge on any atom is 0.222 e. The van der Waals surface area contributed by atoms with Crippen molar-refractivity contribution in [2.45, 2.75) is 26.7 Å². The quantitative estimate of drug-likeness (QED) is 0.903. The highest BCUT2D eigenvalue weighted by molar-refractivity contribution is 5.78. The van der Waals surface area contributed by atoms with E-state index >= 15 is 0 Å². The molecule has 116 valence electrons. The molecule has 1 N–H and O–H groups in total. The van der Waals surface area contributed by atoms with Crippen LogP contribution < -0.4 is 10.1 Å². The number of nitrogens with zero attached hydrogens (tertiary/aromatic N) is 1. The Bertz CT molecular complexity index is 459. The van der Waals surface area contributed by atoms with Crippen LogP contribution in [-0.2, 0) is 4.79 Å². The van der Waals surface area contributed by atoms with Gasteiger partial charge in [-0.05, 0) is 50.9 Å². The highest BCUT2D eigenvalue weighted by Crippen LogP contribution is 2.22. The second kappa shape index (κ2) is 7.46. The van der Waals surface area contributed by atoms with Crippen LogP contribution in [0, 0.1) is 19.8 Å². The number of likely N-dealkylation sites (tertiary alicyclic amines) is 1. The Labute approximate surface area is 127 Å². The van der Waals surface area contributed by atoms with Gasteiger partial charge < -0.3 is 10.1 Å². The van der Waals surface area contributed by atoms with Gasteiger partial charge in [-0.2, -0.15) is 0 Å². The van der Waals surface area contributed by atoms with Crippen LogP contribution in [0.5, 0.6) is 5.75 Å². The van der Waals surface area contributed by atoms with Crippen LogP contribution in [0.25, 0.3) is 0 Å². The van der Waals surface area contributed by atoms with Crippen LogP contribution in [-0.4, -0.2) is 44.1 Å². The average Bonchev–Trinajstić information content (AvgIpc) is 2.50. The number of rotatable bonds is 5. The first kappa shape index (κ1) is 15.8. The zero-order chi connectivity index (χ0) is 15.2. The van der Waals surface area contributed by atoms with Crippen molar-refractivity contribution in [1.29, 1.82) is 0 Å². The molecule has 0 aromatic heterocycles. The lowest BCUT2D eigenvalue weighted by atomic mass is 9.96. The highest BCUT2D eigenvalue weighted by Gasteiger charge is 2.23. The monoisotopic (exact) mass is 290 g/mol. The van der Waals surface area contributed by atoms with E-state index in [1.165, 1.54) is 11.1 Å². The van der Waals surface area contributed by atoms with Gasteiger partial charge in [0, 0.05) is 19.5 Å². The van der Waals surface area contributed by atoms with E-state index in [0.29, 0.717) is 6.61 Å².